The summed E-state index contributed by atoms with van der Waals surface area (Å²) >= 11 is 0. The number of aryl methyl sites for hydroxylation is 1. The van der Waals surface area contributed by atoms with Crippen LogP contribution in [0.1, 0.15) is 12.6 Å². The fourth-order valence-electron chi connectivity index (χ4n) is 2.64. The maximum absolute atomic E-state index is 13.4. The lowest BCUT2D eigenvalue weighted by Crippen LogP contribution is -2.26. The molecule has 3 aromatic heterocycles. The van der Waals surface area contributed by atoms with Gasteiger partial charge >= 0.3 is 11.9 Å². The minimum atomic E-state index is -4.59. The maximum Gasteiger partial charge on any atom is 0.435 e. The first-order valence-corrected chi connectivity index (χ1v) is 8.39. The zero-order valence-electron chi connectivity index (χ0n) is 15.5. The van der Waals surface area contributed by atoms with Crippen LogP contribution in [0.15, 0.2) is 46.8 Å². The van der Waals surface area contributed by atoms with E-state index in [0.717, 1.165) is 20.0 Å². The van der Waals surface area contributed by atoms with Gasteiger partial charge in [-0.25, -0.2) is 23.4 Å². The van der Waals surface area contributed by atoms with E-state index < -0.39 is 23.4 Å². The van der Waals surface area contributed by atoms with Crippen molar-refractivity contribution in [2.75, 3.05) is 6.54 Å². The molecule has 0 saturated heterocycles. The average molecular weight is 411 g/mol. The van der Waals surface area contributed by atoms with Gasteiger partial charge in [0.2, 0.25) is 0 Å². The molecule has 0 aliphatic rings. The minimum absolute atomic E-state index is 0.0720. The number of hydrogen-bond acceptors (Lipinski definition) is 5. The monoisotopic (exact) mass is 411 g/mol. The van der Waals surface area contributed by atoms with Gasteiger partial charge in [0.25, 0.3) is 0 Å². The first-order valence-electron chi connectivity index (χ1n) is 8.39. The van der Waals surface area contributed by atoms with Gasteiger partial charge in [-0.05, 0) is 30.7 Å². The first kappa shape index (κ1) is 20.5. The number of nitrogens with zero attached hydrogens (tertiary/aromatic N) is 6. The fourth-order valence-corrected chi connectivity index (χ4v) is 2.64. The van der Waals surface area contributed by atoms with Crippen molar-refractivity contribution in [2.24, 2.45) is 12.8 Å². The Morgan fingerprint density at radius 2 is 2.00 bits per heavy atom. The number of rotatable bonds is 5. The highest BCUT2D eigenvalue weighted by atomic mass is 19.4. The SMILES string of the molecule is C/C(F)=C(/CN)Cn1ncn(-c2cccc(-c3cc(C(F)(F)F)nn3C)n2)c1=O. The molecule has 0 amide bonds. The van der Waals surface area contributed by atoms with Crippen molar-refractivity contribution in [3.63, 3.8) is 0 Å². The molecule has 0 aliphatic carbocycles. The molecule has 0 atom stereocenters. The molecular weight excluding hydrogens is 394 g/mol. The number of aromatic nitrogens is 6. The Kier molecular flexibility index (Phi) is 5.38. The van der Waals surface area contributed by atoms with E-state index in [1.54, 1.807) is 6.07 Å². The van der Waals surface area contributed by atoms with Crippen LogP contribution in [0.25, 0.3) is 17.2 Å². The van der Waals surface area contributed by atoms with E-state index in [2.05, 4.69) is 15.2 Å². The molecule has 0 spiro atoms. The van der Waals surface area contributed by atoms with Crippen molar-refractivity contribution in [1.29, 1.82) is 0 Å². The van der Waals surface area contributed by atoms with Gasteiger partial charge in [-0.15, -0.1) is 0 Å². The standard InChI is InChI=1S/C17H17F4N7O/c1-10(18)11(7-22)8-28-16(29)27(9-23-28)15-5-3-4-12(24-15)13-6-14(17(19,20)21)25-26(13)2/h3-6,9H,7-8,22H2,1-2H3/b11-10+. The highest BCUT2D eigenvalue weighted by molar-refractivity contribution is 5.56. The Balaban J connectivity index is 1.99. The molecule has 29 heavy (non-hydrogen) atoms. The number of halogens is 4. The molecule has 8 nitrogen and oxygen atoms in total. The topological polar surface area (TPSA) is 96.6 Å². The van der Waals surface area contributed by atoms with Crippen molar-refractivity contribution >= 4 is 0 Å². The Morgan fingerprint density at radius 1 is 1.28 bits per heavy atom. The van der Waals surface area contributed by atoms with Gasteiger partial charge < -0.3 is 5.73 Å². The van der Waals surface area contributed by atoms with Crippen LogP contribution in [0, 0.1) is 0 Å². The molecule has 0 bridgehead atoms. The van der Waals surface area contributed by atoms with Gasteiger partial charge in [0.1, 0.15) is 12.1 Å². The van der Waals surface area contributed by atoms with Crippen LogP contribution in [-0.2, 0) is 19.8 Å². The van der Waals surface area contributed by atoms with E-state index in [9.17, 15) is 22.4 Å². The van der Waals surface area contributed by atoms with Gasteiger partial charge in [-0.3, -0.25) is 4.68 Å². The zero-order valence-corrected chi connectivity index (χ0v) is 15.5. The Labute approximate surface area is 161 Å². The van der Waals surface area contributed by atoms with Gasteiger partial charge in [-0.1, -0.05) is 6.07 Å². The average Bonchev–Trinajstić information content (AvgIpc) is 3.22. The molecule has 0 saturated carbocycles. The van der Waals surface area contributed by atoms with Crippen molar-refractivity contribution in [3.05, 3.63) is 58.2 Å². The summed E-state index contributed by atoms with van der Waals surface area (Å²) in [6, 6.07) is 5.41. The molecular formula is C17H17F4N7O. The lowest BCUT2D eigenvalue weighted by molar-refractivity contribution is -0.141. The second-order valence-corrected chi connectivity index (χ2v) is 6.20. The highest BCUT2D eigenvalue weighted by Gasteiger charge is 2.34. The second kappa shape index (κ2) is 7.62. The summed E-state index contributed by atoms with van der Waals surface area (Å²) in [5.41, 5.74) is 4.36. The lowest BCUT2D eigenvalue weighted by atomic mass is 10.2. The summed E-state index contributed by atoms with van der Waals surface area (Å²) in [7, 11) is 1.36. The fraction of sp³-hybridized carbons (Fsp3) is 0.294. The van der Waals surface area contributed by atoms with Crippen molar-refractivity contribution < 1.29 is 17.6 Å². The van der Waals surface area contributed by atoms with Crippen molar-refractivity contribution in [1.82, 2.24) is 29.1 Å². The van der Waals surface area contributed by atoms with Crippen LogP contribution in [0.2, 0.25) is 0 Å². The third-order valence-corrected chi connectivity index (χ3v) is 4.22. The van der Waals surface area contributed by atoms with Crippen molar-refractivity contribution in [3.8, 4) is 17.2 Å². The summed E-state index contributed by atoms with van der Waals surface area (Å²) in [5.74, 6) is -0.352. The van der Waals surface area contributed by atoms with Crippen molar-refractivity contribution in [2.45, 2.75) is 19.6 Å². The van der Waals surface area contributed by atoms with Crippen LogP contribution < -0.4 is 11.4 Å². The Hall–Kier alpha value is -3.28. The number of alkyl halides is 3. The third kappa shape index (κ3) is 4.11. The van der Waals surface area contributed by atoms with Crippen LogP contribution in [0.5, 0.6) is 0 Å². The van der Waals surface area contributed by atoms with Gasteiger partial charge in [0.15, 0.2) is 5.69 Å². The summed E-state index contributed by atoms with van der Waals surface area (Å²) in [6.45, 7) is 1.04. The molecule has 0 aliphatic heterocycles. The third-order valence-electron chi connectivity index (χ3n) is 4.22. The van der Waals surface area contributed by atoms with Crippen LogP contribution in [0.4, 0.5) is 17.6 Å². The molecule has 0 unspecified atom stereocenters. The Bertz CT molecular complexity index is 1120. The summed E-state index contributed by atoms with van der Waals surface area (Å²) < 4.78 is 55.3. The predicted molar refractivity (Wildman–Crippen MR) is 95.7 cm³/mol. The number of nitrogens with two attached hydrogens (primary N) is 1. The molecule has 3 heterocycles. The number of hydrogen-bond donors (Lipinski definition) is 1. The molecule has 0 radical (unpaired) electrons. The van der Waals surface area contributed by atoms with Crippen LogP contribution in [-0.4, -0.2) is 35.7 Å². The predicted octanol–water partition coefficient (Wildman–Crippen LogP) is 2.05. The van der Waals surface area contributed by atoms with E-state index in [4.69, 9.17) is 5.73 Å². The highest BCUT2D eigenvalue weighted by Crippen LogP contribution is 2.31. The van der Waals surface area contributed by atoms with Gasteiger partial charge in [-0.2, -0.15) is 23.4 Å². The summed E-state index contributed by atoms with van der Waals surface area (Å²) in [4.78, 5) is 16.8. The van der Waals surface area contributed by atoms with E-state index >= 15 is 0 Å². The minimum Gasteiger partial charge on any atom is -0.327 e. The molecule has 12 heteroatoms. The summed E-state index contributed by atoms with van der Waals surface area (Å²) in [5, 5.41) is 7.38. The molecule has 2 N–H and O–H groups in total. The normalized spacial score (nSPS) is 12.9. The lowest BCUT2D eigenvalue weighted by Gasteiger charge is -2.05. The molecule has 3 rings (SSSR count). The maximum atomic E-state index is 13.4. The van der Waals surface area contributed by atoms with Crippen LogP contribution >= 0.6 is 0 Å². The molecule has 0 aromatic carbocycles. The Morgan fingerprint density at radius 3 is 2.59 bits per heavy atom. The molecule has 3 aromatic rings. The first-order chi connectivity index (χ1) is 13.6. The van der Waals surface area contributed by atoms with Gasteiger partial charge in [0, 0.05) is 13.6 Å². The summed E-state index contributed by atoms with van der Waals surface area (Å²) in [6.07, 6.45) is -3.39. The van der Waals surface area contributed by atoms with Crippen LogP contribution in [0.3, 0.4) is 0 Å². The number of pyridine rings is 1. The largest absolute Gasteiger partial charge is 0.435 e. The molecule has 154 valence electrons. The van der Waals surface area contributed by atoms with E-state index in [0.29, 0.717) is 0 Å². The van der Waals surface area contributed by atoms with E-state index in [-0.39, 0.29) is 35.9 Å². The quantitative estimate of drug-likeness (QED) is 0.649. The number of allylic oxidation sites excluding steroid dienone is 1. The molecule has 0 fully saturated rings. The van der Waals surface area contributed by atoms with E-state index in [1.165, 1.54) is 32.4 Å². The second-order valence-electron chi connectivity index (χ2n) is 6.20. The van der Waals surface area contributed by atoms with E-state index in [1.807, 2.05) is 0 Å². The zero-order chi connectivity index (χ0) is 21.3. The van der Waals surface area contributed by atoms with Gasteiger partial charge in [0.05, 0.1) is 23.8 Å². The smallest absolute Gasteiger partial charge is 0.327 e.